The molecule has 2 aliphatic heterocycles. The molecule has 9 heteroatoms. The standard InChI is InChI=1S/C18H19FN2O5.Na/c1-9-8-26-17-14-11(16(23)12(18(24)25)7-21(9)14)6-13(19)15(17)20-4-2-10(22)3-5-20;/h6-7,9-10,22H,2-5,8H2,1H3,(H,24,25);/q;+1/p-1/t9-;/m0./s1. The average molecular weight is 384 g/mol. The molecular weight excluding hydrogens is 366 g/mol. The van der Waals surface area contributed by atoms with Gasteiger partial charge >= 0.3 is 29.6 Å². The van der Waals surface area contributed by atoms with Crippen molar-refractivity contribution in [2.45, 2.75) is 31.9 Å². The van der Waals surface area contributed by atoms with E-state index in [0.29, 0.717) is 31.4 Å². The van der Waals surface area contributed by atoms with Crippen molar-refractivity contribution in [1.29, 1.82) is 0 Å². The van der Waals surface area contributed by atoms with Crippen molar-refractivity contribution in [3.05, 3.63) is 33.9 Å². The van der Waals surface area contributed by atoms with Crippen LogP contribution < -0.4 is 49.7 Å². The summed E-state index contributed by atoms with van der Waals surface area (Å²) in [4.78, 5) is 25.6. The number of anilines is 1. The van der Waals surface area contributed by atoms with Crippen LogP contribution in [-0.4, -0.2) is 41.4 Å². The van der Waals surface area contributed by atoms with E-state index in [4.69, 9.17) is 4.74 Å². The van der Waals surface area contributed by atoms with Crippen molar-refractivity contribution in [1.82, 2.24) is 4.57 Å². The topological polar surface area (TPSA) is 94.8 Å². The third-order valence-corrected chi connectivity index (χ3v) is 5.14. The summed E-state index contributed by atoms with van der Waals surface area (Å²) in [6, 6.07) is 0.858. The molecular formula is C18H18FN2NaO5. The van der Waals surface area contributed by atoms with Crippen LogP contribution in [0.2, 0.25) is 0 Å². The monoisotopic (exact) mass is 384 g/mol. The fraction of sp³-hybridized carbons (Fsp3) is 0.444. The molecule has 27 heavy (non-hydrogen) atoms. The van der Waals surface area contributed by atoms with Crippen LogP contribution in [0.25, 0.3) is 10.9 Å². The summed E-state index contributed by atoms with van der Waals surface area (Å²) in [5.41, 5.74) is -0.632. The van der Waals surface area contributed by atoms with Crippen molar-refractivity contribution in [3.8, 4) is 5.75 Å². The normalized spacial score (nSPS) is 19.5. The van der Waals surface area contributed by atoms with Gasteiger partial charge in [-0.25, -0.2) is 4.39 Å². The van der Waals surface area contributed by atoms with Crippen LogP contribution in [0.15, 0.2) is 17.1 Å². The number of aliphatic hydroxyl groups is 1. The number of aromatic carboxylic acids is 1. The number of carboxylic acids is 1. The van der Waals surface area contributed by atoms with Gasteiger partial charge in [0, 0.05) is 19.3 Å². The fourth-order valence-electron chi connectivity index (χ4n) is 3.74. The number of carbonyl (C=O) groups excluding carboxylic acids is 1. The minimum atomic E-state index is -1.59. The van der Waals surface area contributed by atoms with Gasteiger partial charge in [-0.15, -0.1) is 0 Å². The molecule has 0 aliphatic carbocycles. The van der Waals surface area contributed by atoms with Gasteiger partial charge in [0.2, 0.25) is 0 Å². The number of halogens is 1. The molecule has 1 aromatic carbocycles. The Bertz CT molecular complexity index is 969. The SMILES string of the molecule is C[C@H]1COc2c(N3CCC(O)CC3)c(F)cc3c(=O)c(C(=O)[O-])cn1c23.[Na+]. The number of piperidine rings is 1. The number of hydrogen-bond acceptors (Lipinski definition) is 6. The van der Waals surface area contributed by atoms with E-state index in [1.54, 1.807) is 9.47 Å². The molecule has 1 fully saturated rings. The van der Waals surface area contributed by atoms with E-state index >= 15 is 0 Å². The maximum Gasteiger partial charge on any atom is 1.00 e. The van der Waals surface area contributed by atoms with Crippen molar-refractivity contribution in [2.75, 3.05) is 24.6 Å². The molecule has 0 amide bonds. The van der Waals surface area contributed by atoms with Crippen molar-refractivity contribution >= 4 is 22.6 Å². The number of ether oxygens (including phenoxy) is 1. The second-order valence-corrected chi connectivity index (χ2v) is 6.88. The largest absolute Gasteiger partial charge is 1.00 e. The van der Waals surface area contributed by atoms with Crippen LogP contribution in [0.3, 0.4) is 0 Å². The molecule has 0 bridgehead atoms. The summed E-state index contributed by atoms with van der Waals surface area (Å²) >= 11 is 0. The molecule has 2 aromatic rings. The van der Waals surface area contributed by atoms with Crippen LogP contribution in [0.4, 0.5) is 10.1 Å². The second-order valence-electron chi connectivity index (χ2n) is 6.88. The molecule has 0 spiro atoms. The Balaban J connectivity index is 0.00000210. The van der Waals surface area contributed by atoms with Crippen molar-refractivity contribution in [3.63, 3.8) is 0 Å². The third kappa shape index (κ3) is 3.24. The summed E-state index contributed by atoms with van der Waals surface area (Å²) in [6.45, 7) is 2.99. The number of hydrogen-bond donors (Lipinski definition) is 1. The van der Waals surface area contributed by atoms with Gasteiger partial charge < -0.3 is 29.2 Å². The number of benzene rings is 1. The molecule has 0 saturated carbocycles. The zero-order valence-corrected chi connectivity index (χ0v) is 17.2. The van der Waals surface area contributed by atoms with Crippen LogP contribution in [-0.2, 0) is 0 Å². The van der Waals surface area contributed by atoms with E-state index in [9.17, 15) is 24.2 Å². The average Bonchev–Trinajstić information content (AvgIpc) is 2.60. The van der Waals surface area contributed by atoms with E-state index in [1.165, 1.54) is 6.20 Å². The number of aromatic nitrogens is 1. The minimum Gasteiger partial charge on any atom is -0.545 e. The van der Waals surface area contributed by atoms with E-state index in [2.05, 4.69) is 0 Å². The van der Waals surface area contributed by atoms with Gasteiger partial charge in [0.1, 0.15) is 12.3 Å². The fourth-order valence-corrected chi connectivity index (χ4v) is 3.74. The number of pyridine rings is 1. The first kappa shape index (κ1) is 20.1. The summed E-state index contributed by atoms with van der Waals surface area (Å²) in [5.74, 6) is -1.98. The molecule has 138 valence electrons. The maximum absolute atomic E-state index is 14.9. The Morgan fingerprint density at radius 3 is 2.67 bits per heavy atom. The number of nitrogens with zero attached hydrogens (tertiary/aromatic N) is 2. The Hall–Kier alpha value is -1.61. The Morgan fingerprint density at radius 2 is 2.04 bits per heavy atom. The molecule has 0 radical (unpaired) electrons. The smallest absolute Gasteiger partial charge is 0.545 e. The molecule has 7 nitrogen and oxygen atoms in total. The molecule has 2 aliphatic rings. The molecule has 1 saturated heterocycles. The van der Waals surface area contributed by atoms with E-state index < -0.39 is 28.9 Å². The van der Waals surface area contributed by atoms with Crippen molar-refractivity contribution < 1.29 is 53.7 Å². The Kier molecular flexibility index (Phi) is 5.54. The van der Waals surface area contributed by atoms with E-state index in [0.717, 1.165) is 6.07 Å². The zero-order chi connectivity index (χ0) is 18.6. The van der Waals surface area contributed by atoms with Gasteiger partial charge in [-0.05, 0) is 25.8 Å². The van der Waals surface area contributed by atoms with Crippen LogP contribution in [0.5, 0.6) is 5.75 Å². The summed E-state index contributed by atoms with van der Waals surface area (Å²) in [7, 11) is 0. The zero-order valence-electron chi connectivity index (χ0n) is 15.2. The van der Waals surface area contributed by atoms with Gasteiger partial charge in [-0.2, -0.15) is 0 Å². The van der Waals surface area contributed by atoms with Gasteiger partial charge in [0.25, 0.3) is 0 Å². The molecule has 1 N–H and O–H groups in total. The summed E-state index contributed by atoms with van der Waals surface area (Å²) in [6.07, 6.45) is 1.88. The number of carbonyl (C=O) groups is 1. The summed E-state index contributed by atoms with van der Waals surface area (Å²) in [5, 5.41) is 20.9. The minimum absolute atomic E-state index is 0. The van der Waals surface area contributed by atoms with Crippen LogP contribution in [0, 0.1) is 5.82 Å². The molecule has 3 heterocycles. The molecule has 1 atom stereocenters. The quantitative estimate of drug-likeness (QED) is 0.572. The summed E-state index contributed by atoms with van der Waals surface area (Å²) < 4.78 is 22.3. The molecule has 4 rings (SSSR count). The first-order valence-corrected chi connectivity index (χ1v) is 8.57. The van der Waals surface area contributed by atoms with Crippen LogP contribution >= 0.6 is 0 Å². The molecule has 0 unspecified atom stereocenters. The van der Waals surface area contributed by atoms with Crippen molar-refractivity contribution in [2.24, 2.45) is 0 Å². The van der Waals surface area contributed by atoms with E-state index in [1.807, 2.05) is 6.92 Å². The maximum atomic E-state index is 14.9. The Labute approximate surface area is 176 Å². The number of carboxylic acid groups (broad SMARTS) is 1. The predicted molar refractivity (Wildman–Crippen MR) is 90.2 cm³/mol. The third-order valence-electron chi connectivity index (χ3n) is 5.14. The van der Waals surface area contributed by atoms with Gasteiger partial charge in [0.05, 0.1) is 34.6 Å². The molecule has 1 aromatic heterocycles. The van der Waals surface area contributed by atoms with Gasteiger partial charge in [-0.3, -0.25) is 4.79 Å². The number of aliphatic hydroxyl groups excluding tert-OH is 1. The van der Waals surface area contributed by atoms with Gasteiger partial charge in [-0.1, -0.05) is 0 Å². The first-order chi connectivity index (χ1) is 12.4. The Morgan fingerprint density at radius 1 is 1.37 bits per heavy atom. The van der Waals surface area contributed by atoms with Crippen LogP contribution in [0.1, 0.15) is 36.2 Å². The van der Waals surface area contributed by atoms with E-state index in [-0.39, 0.29) is 59.0 Å². The predicted octanol–water partition coefficient (Wildman–Crippen LogP) is -2.58. The first-order valence-electron chi connectivity index (χ1n) is 8.57. The number of rotatable bonds is 2. The second kappa shape index (κ2) is 7.43. The van der Waals surface area contributed by atoms with Gasteiger partial charge in [0.15, 0.2) is 17.0 Å².